The van der Waals surface area contributed by atoms with Crippen LogP contribution in [0.3, 0.4) is 0 Å². The van der Waals surface area contributed by atoms with Crippen LogP contribution in [-0.2, 0) is 11.8 Å². The monoisotopic (exact) mass is 384 g/mol. The average Bonchev–Trinajstić information content (AvgIpc) is 2.81. The lowest BCUT2D eigenvalue weighted by Crippen LogP contribution is -2.11. The van der Waals surface area contributed by atoms with Gasteiger partial charge in [0.15, 0.2) is 0 Å². The molecule has 1 N–H and O–H groups in total. The summed E-state index contributed by atoms with van der Waals surface area (Å²) >= 11 is 3.69. The Labute approximate surface area is 148 Å². The van der Waals surface area contributed by atoms with Crippen molar-refractivity contribution in [2.24, 2.45) is 7.05 Å². The molecule has 24 heavy (non-hydrogen) atoms. The fourth-order valence-corrected chi connectivity index (χ4v) is 3.57. The van der Waals surface area contributed by atoms with Crippen molar-refractivity contribution in [2.75, 3.05) is 5.32 Å². The Morgan fingerprint density at radius 1 is 1.25 bits per heavy atom. The van der Waals surface area contributed by atoms with Gasteiger partial charge < -0.3 is 9.88 Å². The van der Waals surface area contributed by atoms with Crippen LogP contribution in [0.2, 0.25) is 0 Å². The number of anilines is 1. The third kappa shape index (κ3) is 2.73. The summed E-state index contributed by atoms with van der Waals surface area (Å²) in [5.74, 6) is -0.181. The molecule has 0 saturated heterocycles. The van der Waals surface area contributed by atoms with E-state index in [-0.39, 0.29) is 5.91 Å². The molecule has 6 heteroatoms. The topological polar surface area (TPSA) is 59.8 Å². The van der Waals surface area contributed by atoms with Crippen molar-refractivity contribution >= 4 is 38.6 Å². The van der Waals surface area contributed by atoms with Gasteiger partial charge >= 0.3 is 0 Å². The molecule has 0 unspecified atom stereocenters. The van der Waals surface area contributed by atoms with Gasteiger partial charge in [-0.05, 0) is 47.5 Å². The van der Waals surface area contributed by atoms with Crippen molar-refractivity contribution in [2.45, 2.75) is 13.8 Å². The number of aromatic nitrogens is 3. The standard InChI is InChI=1S/C18H17BrN4O/c1-10(2)18(24)22-13-7-5-12(6-8-13)16-15(19)14-11(3)20-9-21-17(14)23(16)4/h5-9H,1H2,2-4H3,(H,22,24). The van der Waals surface area contributed by atoms with Gasteiger partial charge in [-0.15, -0.1) is 0 Å². The van der Waals surface area contributed by atoms with Gasteiger partial charge in [-0.2, -0.15) is 0 Å². The minimum Gasteiger partial charge on any atom is -0.327 e. The molecular formula is C18H17BrN4O. The minimum atomic E-state index is -0.181. The second kappa shape index (κ2) is 6.20. The maximum absolute atomic E-state index is 11.7. The number of nitrogens with zero attached hydrogens (tertiary/aromatic N) is 3. The van der Waals surface area contributed by atoms with E-state index in [1.165, 1.54) is 0 Å². The van der Waals surface area contributed by atoms with E-state index < -0.39 is 0 Å². The van der Waals surface area contributed by atoms with Crippen LogP contribution in [0.15, 0.2) is 47.2 Å². The smallest absolute Gasteiger partial charge is 0.250 e. The molecule has 0 radical (unpaired) electrons. The van der Waals surface area contributed by atoms with Gasteiger partial charge in [-0.3, -0.25) is 4.79 Å². The zero-order chi connectivity index (χ0) is 17.4. The molecule has 2 aromatic heterocycles. The van der Waals surface area contributed by atoms with E-state index >= 15 is 0 Å². The van der Waals surface area contributed by atoms with E-state index in [4.69, 9.17) is 0 Å². The molecule has 0 saturated carbocycles. The molecule has 2 heterocycles. The van der Waals surface area contributed by atoms with Crippen LogP contribution in [0.1, 0.15) is 12.6 Å². The second-order valence-electron chi connectivity index (χ2n) is 5.69. The van der Waals surface area contributed by atoms with E-state index in [0.717, 1.165) is 38.1 Å². The van der Waals surface area contributed by atoms with Crippen molar-refractivity contribution in [1.82, 2.24) is 14.5 Å². The van der Waals surface area contributed by atoms with Crippen molar-refractivity contribution < 1.29 is 4.79 Å². The summed E-state index contributed by atoms with van der Waals surface area (Å²) in [5.41, 5.74) is 5.06. The molecule has 0 atom stereocenters. The number of amides is 1. The van der Waals surface area contributed by atoms with E-state index in [1.54, 1.807) is 13.3 Å². The van der Waals surface area contributed by atoms with Crippen LogP contribution in [-0.4, -0.2) is 20.4 Å². The average molecular weight is 385 g/mol. The molecule has 0 fully saturated rings. The first kappa shape index (κ1) is 16.4. The number of hydrogen-bond acceptors (Lipinski definition) is 3. The van der Waals surface area contributed by atoms with Crippen LogP contribution >= 0.6 is 15.9 Å². The Bertz CT molecular complexity index is 957. The Morgan fingerprint density at radius 2 is 1.92 bits per heavy atom. The molecule has 0 aliphatic rings. The minimum absolute atomic E-state index is 0.181. The predicted octanol–water partition coefficient (Wildman–Crippen LogP) is 4.22. The van der Waals surface area contributed by atoms with Gasteiger partial charge in [0.1, 0.15) is 12.0 Å². The zero-order valence-corrected chi connectivity index (χ0v) is 15.3. The number of nitrogens with one attached hydrogen (secondary N) is 1. The van der Waals surface area contributed by atoms with Crippen molar-refractivity contribution in [3.05, 3.63) is 52.9 Å². The van der Waals surface area contributed by atoms with Crippen LogP contribution < -0.4 is 5.32 Å². The number of benzene rings is 1. The molecule has 3 rings (SSSR count). The SMILES string of the molecule is C=C(C)C(=O)Nc1ccc(-c2c(Br)c3c(C)ncnc3n2C)cc1. The Balaban J connectivity index is 2.04. The fourth-order valence-electron chi connectivity index (χ4n) is 2.61. The molecule has 5 nitrogen and oxygen atoms in total. The highest BCUT2D eigenvalue weighted by atomic mass is 79.9. The molecule has 122 valence electrons. The Morgan fingerprint density at radius 3 is 2.50 bits per heavy atom. The quantitative estimate of drug-likeness (QED) is 0.687. The summed E-state index contributed by atoms with van der Waals surface area (Å²) < 4.78 is 3.01. The molecule has 0 spiro atoms. The van der Waals surface area contributed by atoms with Crippen LogP contribution in [0.5, 0.6) is 0 Å². The van der Waals surface area contributed by atoms with Gasteiger partial charge in [0.2, 0.25) is 0 Å². The highest BCUT2D eigenvalue weighted by molar-refractivity contribution is 9.10. The number of fused-ring (bicyclic) bond motifs is 1. The second-order valence-corrected chi connectivity index (χ2v) is 6.48. The summed E-state index contributed by atoms with van der Waals surface area (Å²) in [7, 11) is 1.98. The van der Waals surface area contributed by atoms with Crippen molar-refractivity contribution in [1.29, 1.82) is 0 Å². The van der Waals surface area contributed by atoms with Crippen LogP contribution in [0.25, 0.3) is 22.3 Å². The Kier molecular flexibility index (Phi) is 4.24. The van der Waals surface area contributed by atoms with E-state index in [0.29, 0.717) is 5.57 Å². The normalized spacial score (nSPS) is 10.8. The molecular weight excluding hydrogens is 368 g/mol. The summed E-state index contributed by atoms with van der Waals surface area (Å²) in [6.07, 6.45) is 1.57. The molecule has 0 bridgehead atoms. The maximum atomic E-state index is 11.7. The van der Waals surface area contributed by atoms with Crippen LogP contribution in [0, 0.1) is 6.92 Å². The lowest BCUT2D eigenvalue weighted by Gasteiger charge is -2.08. The molecule has 0 aliphatic carbocycles. The fraction of sp³-hybridized carbons (Fsp3) is 0.167. The maximum Gasteiger partial charge on any atom is 0.250 e. The molecule has 1 aromatic carbocycles. The first-order chi connectivity index (χ1) is 11.4. The number of rotatable bonds is 3. The van der Waals surface area contributed by atoms with Crippen LogP contribution in [0.4, 0.5) is 5.69 Å². The Hall–Kier alpha value is -2.47. The first-order valence-corrected chi connectivity index (χ1v) is 8.22. The van der Waals surface area contributed by atoms with Gasteiger partial charge in [0.25, 0.3) is 5.91 Å². The zero-order valence-electron chi connectivity index (χ0n) is 13.7. The van der Waals surface area contributed by atoms with E-state index in [1.807, 2.05) is 42.8 Å². The van der Waals surface area contributed by atoms with Gasteiger partial charge in [0.05, 0.1) is 21.2 Å². The van der Waals surface area contributed by atoms with Gasteiger partial charge in [-0.1, -0.05) is 18.7 Å². The number of carbonyl (C=O) groups excluding carboxylic acids is 1. The van der Waals surface area contributed by atoms with E-state index in [9.17, 15) is 4.79 Å². The van der Waals surface area contributed by atoms with Crippen molar-refractivity contribution in [3.8, 4) is 11.3 Å². The largest absolute Gasteiger partial charge is 0.327 e. The lowest BCUT2D eigenvalue weighted by atomic mass is 10.1. The number of carbonyl (C=O) groups is 1. The number of aryl methyl sites for hydroxylation is 2. The third-order valence-electron chi connectivity index (χ3n) is 3.90. The van der Waals surface area contributed by atoms with Gasteiger partial charge in [-0.25, -0.2) is 9.97 Å². The summed E-state index contributed by atoms with van der Waals surface area (Å²) in [4.78, 5) is 20.3. The molecule has 0 aliphatic heterocycles. The summed E-state index contributed by atoms with van der Waals surface area (Å²) in [5, 5.41) is 3.81. The van der Waals surface area contributed by atoms with Crippen molar-refractivity contribution in [3.63, 3.8) is 0 Å². The number of hydrogen-bond donors (Lipinski definition) is 1. The summed E-state index contributed by atoms with van der Waals surface area (Å²) in [6.45, 7) is 7.28. The molecule has 1 amide bonds. The number of halogens is 1. The lowest BCUT2D eigenvalue weighted by molar-refractivity contribution is -0.112. The molecule has 3 aromatic rings. The third-order valence-corrected chi connectivity index (χ3v) is 4.67. The predicted molar refractivity (Wildman–Crippen MR) is 99.8 cm³/mol. The van der Waals surface area contributed by atoms with E-state index in [2.05, 4.69) is 37.8 Å². The highest BCUT2D eigenvalue weighted by Gasteiger charge is 2.17. The van der Waals surface area contributed by atoms with Gasteiger partial charge in [0, 0.05) is 18.3 Å². The first-order valence-electron chi connectivity index (χ1n) is 7.43. The summed E-state index contributed by atoms with van der Waals surface area (Å²) in [6, 6.07) is 7.68. The highest BCUT2D eigenvalue weighted by Crippen LogP contribution is 2.37.